The second-order valence-corrected chi connectivity index (χ2v) is 11.6. The van der Waals surface area contributed by atoms with Crippen LogP contribution in [0.25, 0.3) is 0 Å². The average Bonchev–Trinajstić information content (AvgIpc) is 3.26. The van der Waals surface area contributed by atoms with Crippen molar-refractivity contribution in [3.63, 3.8) is 0 Å². The van der Waals surface area contributed by atoms with Crippen LogP contribution in [0.1, 0.15) is 16.7 Å². The van der Waals surface area contributed by atoms with Gasteiger partial charge in [-0.25, -0.2) is 0 Å². The van der Waals surface area contributed by atoms with Crippen molar-refractivity contribution in [3.8, 4) is 17.2 Å². The lowest BCUT2D eigenvalue weighted by molar-refractivity contribution is 0.413. The van der Waals surface area contributed by atoms with Crippen molar-refractivity contribution in [2.75, 3.05) is 18.6 Å². The largest absolute Gasteiger partial charge is 0.497 e. The van der Waals surface area contributed by atoms with Crippen molar-refractivity contribution in [1.82, 2.24) is 0 Å². The van der Waals surface area contributed by atoms with Crippen LogP contribution in [0.3, 0.4) is 0 Å². The van der Waals surface area contributed by atoms with Gasteiger partial charge in [-0.2, -0.15) is 0 Å². The Hall–Kier alpha value is -1.17. The first-order chi connectivity index (χ1) is 14.9. The number of alkyl halides is 3. The zero-order valence-electron chi connectivity index (χ0n) is 17.2. The van der Waals surface area contributed by atoms with E-state index in [1.54, 1.807) is 7.11 Å². The molecular weight excluding hydrogens is 491 g/mol. The summed E-state index contributed by atoms with van der Waals surface area (Å²) < 4.78 is 10.4. The molecule has 0 atom stereocenters. The van der Waals surface area contributed by atoms with E-state index in [0.29, 0.717) is 0 Å². The fourth-order valence-corrected chi connectivity index (χ4v) is 6.49. The first-order valence-corrected chi connectivity index (χ1v) is 12.9. The molecule has 0 unspecified atom stereocenters. The molecule has 0 amide bonds. The van der Waals surface area contributed by atoms with E-state index in [-0.39, 0.29) is 4.08 Å². The van der Waals surface area contributed by atoms with Gasteiger partial charge in [0.2, 0.25) is 0 Å². The minimum absolute atomic E-state index is 0.0215. The van der Waals surface area contributed by atoms with E-state index in [0.717, 1.165) is 17.2 Å². The van der Waals surface area contributed by atoms with Gasteiger partial charge in [-0.05, 0) is 54.4 Å². The van der Waals surface area contributed by atoms with Gasteiger partial charge in [-0.1, -0.05) is 76.8 Å². The van der Waals surface area contributed by atoms with E-state index in [1.807, 2.05) is 47.8 Å². The summed E-state index contributed by atoms with van der Waals surface area (Å²) in [6.07, 6.45) is 0. The highest BCUT2D eigenvalue weighted by Gasteiger charge is 2.39. The Morgan fingerprint density at radius 1 is 0.710 bits per heavy atom. The maximum absolute atomic E-state index is 5.98. The Kier molecular flexibility index (Phi) is 9.18. The van der Waals surface area contributed by atoms with Crippen LogP contribution in [-0.2, 0) is 4.08 Å². The van der Waals surface area contributed by atoms with Gasteiger partial charge in [-0.15, -0.1) is 23.5 Å². The second-order valence-electron chi connectivity index (χ2n) is 6.73. The Morgan fingerprint density at radius 2 is 1.10 bits per heavy atom. The smallest absolute Gasteiger partial charge is 0.180 e. The first-order valence-electron chi connectivity index (χ1n) is 9.62. The molecule has 1 aliphatic rings. The van der Waals surface area contributed by atoms with E-state index in [2.05, 4.69) is 55.5 Å². The molecule has 0 bridgehead atoms. The van der Waals surface area contributed by atoms with Crippen LogP contribution in [0.15, 0.2) is 72.8 Å². The number of rotatable bonds is 5. The van der Waals surface area contributed by atoms with Crippen molar-refractivity contribution in [2.24, 2.45) is 0 Å². The number of hydrogen-bond donors (Lipinski definition) is 0. The number of hydrogen-bond acceptors (Lipinski definition) is 4. The van der Waals surface area contributed by atoms with E-state index in [1.165, 1.54) is 28.2 Å². The molecule has 0 N–H and O–H groups in total. The molecule has 2 nitrogen and oxygen atoms in total. The zero-order valence-corrected chi connectivity index (χ0v) is 21.1. The number of methoxy groups -OCH3 is 1. The predicted octanol–water partition coefficient (Wildman–Crippen LogP) is 8.46. The summed E-state index contributed by atoms with van der Waals surface area (Å²) in [7, 11) is 1.66. The lowest BCUT2D eigenvalue weighted by atomic mass is 10.0. The molecule has 7 heteroatoms. The fourth-order valence-electron chi connectivity index (χ4n) is 3.21. The van der Waals surface area contributed by atoms with Crippen LogP contribution < -0.4 is 9.47 Å². The molecular formula is C24H23Cl3O2S2. The molecule has 0 radical (unpaired) electrons. The van der Waals surface area contributed by atoms with Gasteiger partial charge in [0.15, 0.2) is 4.30 Å². The molecule has 1 aliphatic heterocycles. The number of aryl methyl sites for hydroxylation is 1. The minimum atomic E-state index is -0.750. The van der Waals surface area contributed by atoms with Gasteiger partial charge in [0, 0.05) is 11.5 Å². The standard InChI is InChI=1S/C23H22O2S2.CHCl3/c1-17-3-5-18(6-4-17)23(26-15-16-27-23)19-7-9-21(10-8-19)25-22-13-11-20(24-2)12-14-22;2-1(3)4/h3-14H,15-16H2,1-2H3;1H. The fraction of sp³-hybridized carbons (Fsp3) is 0.250. The SMILES string of the molecule is COc1ccc(Oc2ccc(C3(c4ccc(C)cc4)SCCS3)cc2)cc1.ClC(Cl)Cl. The van der Waals surface area contributed by atoms with Gasteiger partial charge < -0.3 is 9.47 Å². The van der Waals surface area contributed by atoms with Crippen molar-refractivity contribution in [2.45, 2.75) is 15.3 Å². The molecule has 1 saturated heterocycles. The van der Waals surface area contributed by atoms with E-state index < -0.39 is 4.30 Å². The van der Waals surface area contributed by atoms with E-state index >= 15 is 0 Å². The van der Waals surface area contributed by atoms with Gasteiger partial charge in [-0.3, -0.25) is 0 Å². The molecule has 3 aromatic carbocycles. The van der Waals surface area contributed by atoms with Crippen molar-refractivity contribution in [1.29, 1.82) is 0 Å². The topological polar surface area (TPSA) is 18.5 Å². The van der Waals surface area contributed by atoms with Crippen LogP contribution in [0, 0.1) is 6.92 Å². The predicted molar refractivity (Wildman–Crippen MR) is 138 cm³/mol. The van der Waals surface area contributed by atoms with Crippen molar-refractivity contribution < 1.29 is 9.47 Å². The maximum Gasteiger partial charge on any atom is 0.180 e. The third-order valence-corrected chi connectivity index (χ3v) is 8.19. The van der Waals surface area contributed by atoms with Crippen LogP contribution in [0.4, 0.5) is 0 Å². The van der Waals surface area contributed by atoms with Crippen LogP contribution >= 0.6 is 58.3 Å². The van der Waals surface area contributed by atoms with E-state index in [4.69, 9.17) is 44.3 Å². The Balaban J connectivity index is 0.000000628. The molecule has 1 heterocycles. The van der Waals surface area contributed by atoms with Crippen molar-refractivity contribution in [3.05, 3.63) is 89.5 Å². The van der Waals surface area contributed by atoms with Crippen LogP contribution in [0.2, 0.25) is 0 Å². The number of benzene rings is 3. The summed E-state index contributed by atoms with van der Waals surface area (Å²) in [6.45, 7) is 2.14. The molecule has 31 heavy (non-hydrogen) atoms. The molecule has 164 valence electrons. The van der Waals surface area contributed by atoms with Gasteiger partial charge >= 0.3 is 0 Å². The maximum atomic E-state index is 5.98. The number of ether oxygens (including phenoxy) is 2. The first kappa shape index (κ1) is 24.5. The normalized spacial score (nSPS) is 14.6. The number of halogens is 3. The molecule has 0 aromatic heterocycles. The van der Waals surface area contributed by atoms with E-state index in [9.17, 15) is 0 Å². The van der Waals surface area contributed by atoms with Gasteiger partial charge in [0.25, 0.3) is 0 Å². The Morgan fingerprint density at radius 3 is 1.55 bits per heavy atom. The third kappa shape index (κ3) is 6.66. The van der Waals surface area contributed by atoms with Crippen LogP contribution in [0.5, 0.6) is 17.2 Å². The highest BCUT2D eigenvalue weighted by molar-refractivity contribution is 8.20. The summed E-state index contributed by atoms with van der Waals surface area (Å²) in [4.78, 5) is 0. The molecule has 0 spiro atoms. The lowest BCUT2D eigenvalue weighted by Gasteiger charge is -2.29. The minimum Gasteiger partial charge on any atom is -0.497 e. The highest BCUT2D eigenvalue weighted by atomic mass is 35.6. The summed E-state index contributed by atoms with van der Waals surface area (Å²) >= 11 is 18.5. The van der Waals surface area contributed by atoms with Gasteiger partial charge in [0.1, 0.15) is 21.3 Å². The lowest BCUT2D eigenvalue weighted by Crippen LogP contribution is -2.16. The summed E-state index contributed by atoms with van der Waals surface area (Å²) in [5, 5.41) is 0. The monoisotopic (exact) mass is 512 g/mol. The zero-order chi connectivity index (χ0) is 22.3. The molecule has 3 aromatic rings. The summed E-state index contributed by atoms with van der Waals surface area (Å²) in [5.74, 6) is 4.82. The summed E-state index contributed by atoms with van der Waals surface area (Å²) in [6, 6.07) is 25.1. The molecule has 0 aliphatic carbocycles. The van der Waals surface area contributed by atoms with Gasteiger partial charge in [0.05, 0.1) is 7.11 Å². The molecule has 0 saturated carbocycles. The summed E-state index contributed by atoms with van der Waals surface area (Å²) in [5.41, 5.74) is 3.98. The Labute approximate surface area is 207 Å². The number of thioether (sulfide) groups is 2. The molecule has 1 fully saturated rings. The Bertz CT molecular complexity index is 937. The van der Waals surface area contributed by atoms with Crippen LogP contribution in [-0.4, -0.2) is 22.9 Å². The second kappa shape index (κ2) is 11.6. The third-order valence-electron chi connectivity index (χ3n) is 4.66. The molecule has 4 rings (SSSR count). The average molecular weight is 514 g/mol. The highest BCUT2D eigenvalue weighted by Crippen LogP contribution is 2.56. The quantitative estimate of drug-likeness (QED) is 0.318. The van der Waals surface area contributed by atoms with Crippen molar-refractivity contribution >= 4 is 58.3 Å².